The molecule has 0 saturated heterocycles. The highest BCUT2D eigenvalue weighted by molar-refractivity contribution is 6.32. The van der Waals surface area contributed by atoms with Crippen molar-refractivity contribution >= 4 is 29.1 Å². The molecule has 0 aliphatic heterocycles. The van der Waals surface area contributed by atoms with E-state index in [1.807, 2.05) is 0 Å². The number of nitrogens with zero attached hydrogens (tertiary/aromatic N) is 3. The molecule has 25 heavy (non-hydrogen) atoms. The number of ether oxygens (including phenoxy) is 2. The topological polar surface area (TPSA) is 71.5 Å². The van der Waals surface area contributed by atoms with Crippen LogP contribution >= 0.6 is 11.6 Å². The first kappa shape index (κ1) is 19.1. The summed E-state index contributed by atoms with van der Waals surface area (Å²) < 4.78 is 10.6. The SMILES string of the molecule is COc1cc(Nc2ccnc(NCCCN(C)C)n2)c(OC)cc1Cl. The van der Waals surface area contributed by atoms with Crippen molar-refractivity contribution in [1.29, 1.82) is 0 Å². The van der Waals surface area contributed by atoms with Gasteiger partial charge in [0.05, 0.1) is 24.9 Å². The van der Waals surface area contributed by atoms with Crippen LogP contribution in [0.2, 0.25) is 5.02 Å². The number of benzene rings is 1. The molecule has 0 unspecified atom stereocenters. The van der Waals surface area contributed by atoms with Crippen LogP contribution in [0.5, 0.6) is 11.5 Å². The van der Waals surface area contributed by atoms with Gasteiger partial charge in [0.25, 0.3) is 0 Å². The third-order valence-electron chi connectivity index (χ3n) is 3.46. The first-order valence-corrected chi connectivity index (χ1v) is 8.31. The molecule has 136 valence electrons. The lowest BCUT2D eigenvalue weighted by Gasteiger charge is -2.14. The molecular weight excluding hydrogens is 342 g/mol. The van der Waals surface area contributed by atoms with Gasteiger partial charge >= 0.3 is 0 Å². The van der Waals surface area contributed by atoms with Crippen LogP contribution in [0.25, 0.3) is 0 Å². The zero-order valence-electron chi connectivity index (χ0n) is 15.0. The van der Waals surface area contributed by atoms with Gasteiger partial charge in [-0.05, 0) is 33.1 Å². The minimum atomic E-state index is 0.482. The maximum Gasteiger partial charge on any atom is 0.224 e. The van der Waals surface area contributed by atoms with E-state index in [2.05, 4.69) is 39.6 Å². The molecule has 8 heteroatoms. The normalized spacial score (nSPS) is 10.6. The summed E-state index contributed by atoms with van der Waals surface area (Å²) in [5.74, 6) is 2.38. The van der Waals surface area contributed by atoms with Gasteiger partial charge in [0.1, 0.15) is 17.3 Å². The van der Waals surface area contributed by atoms with E-state index in [1.165, 1.54) is 0 Å². The van der Waals surface area contributed by atoms with Gasteiger partial charge in [-0.1, -0.05) is 11.6 Å². The number of hydrogen-bond acceptors (Lipinski definition) is 7. The molecule has 1 aromatic carbocycles. The van der Waals surface area contributed by atoms with Crippen molar-refractivity contribution < 1.29 is 9.47 Å². The summed E-state index contributed by atoms with van der Waals surface area (Å²) in [6, 6.07) is 5.25. The van der Waals surface area contributed by atoms with Crippen molar-refractivity contribution in [3.63, 3.8) is 0 Å². The fourth-order valence-corrected chi connectivity index (χ4v) is 2.44. The lowest BCUT2D eigenvalue weighted by Crippen LogP contribution is -2.17. The molecule has 0 radical (unpaired) electrons. The van der Waals surface area contributed by atoms with Crippen molar-refractivity contribution in [1.82, 2.24) is 14.9 Å². The average Bonchev–Trinajstić information content (AvgIpc) is 2.60. The Labute approximate surface area is 153 Å². The van der Waals surface area contributed by atoms with Gasteiger partial charge in [0.15, 0.2) is 0 Å². The van der Waals surface area contributed by atoms with Gasteiger partial charge in [0, 0.05) is 24.9 Å². The maximum absolute atomic E-state index is 6.13. The molecule has 0 bridgehead atoms. The number of halogens is 1. The number of nitrogens with one attached hydrogen (secondary N) is 2. The molecule has 0 spiro atoms. The molecular formula is C17H24ClN5O2. The van der Waals surface area contributed by atoms with Crippen LogP contribution in [0.1, 0.15) is 6.42 Å². The van der Waals surface area contributed by atoms with Crippen molar-refractivity contribution in [3.8, 4) is 11.5 Å². The second kappa shape index (κ2) is 9.29. The maximum atomic E-state index is 6.13. The first-order chi connectivity index (χ1) is 12.0. The number of hydrogen-bond donors (Lipinski definition) is 2. The molecule has 2 N–H and O–H groups in total. The van der Waals surface area contributed by atoms with E-state index < -0.39 is 0 Å². The highest BCUT2D eigenvalue weighted by Gasteiger charge is 2.11. The van der Waals surface area contributed by atoms with Crippen LogP contribution in [0.4, 0.5) is 17.5 Å². The first-order valence-electron chi connectivity index (χ1n) is 7.93. The molecule has 1 heterocycles. The van der Waals surface area contributed by atoms with E-state index in [9.17, 15) is 0 Å². The van der Waals surface area contributed by atoms with Gasteiger partial charge in [-0.25, -0.2) is 4.98 Å². The smallest absolute Gasteiger partial charge is 0.224 e. The van der Waals surface area contributed by atoms with Crippen molar-refractivity contribution in [2.45, 2.75) is 6.42 Å². The van der Waals surface area contributed by atoms with E-state index >= 15 is 0 Å². The van der Waals surface area contributed by atoms with Crippen molar-refractivity contribution in [2.75, 3.05) is 52.0 Å². The number of aromatic nitrogens is 2. The molecule has 0 fully saturated rings. The zero-order chi connectivity index (χ0) is 18.2. The average molecular weight is 366 g/mol. The molecule has 2 rings (SSSR count). The highest BCUT2D eigenvalue weighted by Crippen LogP contribution is 2.37. The molecule has 0 atom stereocenters. The Kier molecular flexibility index (Phi) is 7.09. The summed E-state index contributed by atoms with van der Waals surface area (Å²) >= 11 is 6.13. The predicted octanol–water partition coefficient (Wildman–Crippen LogP) is 3.25. The lowest BCUT2D eigenvalue weighted by molar-refractivity contribution is 0.405. The Balaban J connectivity index is 2.09. The molecule has 0 amide bonds. The number of methoxy groups -OCH3 is 2. The quantitative estimate of drug-likeness (QED) is 0.661. The summed E-state index contributed by atoms with van der Waals surface area (Å²) in [6.45, 7) is 1.81. The van der Waals surface area contributed by atoms with Crippen LogP contribution in [0.15, 0.2) is 24.4 Å². The Hall–Kier alpha value is -2.25. The van der Waals surface area contributed by atoms with Crippen molar-refractivity contribution in [3.05, 3.63) is 29.4 Å². The molecule has 0 saturated carbocycles. The van der Waals surface area contributed by atoms with Crippen LogP contribution in [-0.4, -0.2) is 56.3 Å². The second-order valence-electron chi connectivity index (χ2n) is 5.66. The van der Waals surface area contributed by atoms with Gasteiger partial charge in [0.2, 0.25) is 5.95 Å². The minimum absolute atomic E-state index is 0.482. The highest BCUT2D eigenvalue weighted by atomic mass is 35.5. The number of rotatable bonds is 9. The standard InChI is InChI=1S/C17H24ClN5O2/c1-23(2)9-5-7-19-17-20-8-6-16(22-17)21-13-11-14(24-3)12(18)10-15(13)25-4/h6,8,10-11H,5,7,9H2,1-4H3,(H2,19,20,21,22). The number of anilines is 3. The molecule has 1 aromatic heterocycles. The molecule has 2 aromatic rings. The summed E-state index contributed by atoms with van der Waals surface area (Å²) in [4.78, 5) is 10.8. The summed E-state index contributed by atoms with van der Waals surface area (Å²) in [5, 5.41) is 6.91. The summed E-state index contributed by atoms with van der Waals surface area (Å²) in [5.41, 5.74) is 0.709. The van der Waals surface area contributed by atoms with Crippen molar-refractivity contribution in [2.24, 2.45) is 0 Å². The fourth-order valence-electron chi connectivity index (χ4n) is 2.21. The van der Waals surface area contributed by atoms with Crippen LogP contribution < -0.4 is 20.1 Å². The Morgan fingerprint density at radius 3 is 2.60 bits per heavy atom. The fraction of sp³-hybridized carbons (Fsp3) is 0.412. The van der Waals surface area contributed by atoms with Crippen LogP contribution in [-0.2, 0) is 0 Å². The summed E-state index contributed by atoms with van der Waals surface area (Å²) in [7, 11) is 7.25. The lowest BCUT2D eigenvalue weighted by atomic mass is 10.2. The molecule has 7 nitrogen and oxygen atoms in total. The van der Waals surface area contributed by atoms with Gasteiger partial charge < -0.3 is 25.0 Å². The van der Waals surface area contributed by atoms with E-state index in [1.54, 1.807) is 38.6 Å². The third kappa shape index (κ3) is 5.65. The zero-order valence-corrected chi connectivity index (χ0v) is 15.7. The summed E-state index contributed by atoms with van der Waals surface area (Å²) in [6.07, 6.45) is 2.71. The molecule has 0 aliphatic rings. The van der Waals surface area contributed by atoms with Crippen LogP contribution in [0, 0.1) is 0 Å². The Morgan fingerprint density at radius 1 is 1.16 bits per heavy atom. The monoisotopic (exact) mass is 365 g/mol. The predicted molar refractivity (Wildman–Crippen MR) is 102 cm³/mol. The molecule has 0 aliphatic carbocycles. The Morgan fingerprint density at radius 2 is 1.92 bits per heavy atom. The van der Waals surface area contributed by atoms with Crippen LogP contribution in [0.3, 0.4) is 0 Å². The van der Waals surface area contributed by atoms with E-state index in [0.29, 0.717) is 34.0 Å². The van der Waals surface area contributed by atoms with Gasteiger partial charge in [-0.2, -0.15) is 4.98 Å². The second-order valence-corrected chi connectivity index (χ2v) is 6.07. The van der Waals surface area contributed by atoms with E-state index in [-0.39, 0.29) is 0 Å². The largest absolute Gasteiger partial charge is 0.495 e. The van der Waals surface area contributed by atoms with Gasteiger partial charge in [-0.3, -0.25) is 0 Å². The van der Waals surface area contributed by atoms with E-state index in [4.69, 9.17) is 21.1 Å². The Bertz CT molecular complexity index is 697. The minimum Gasteiger partial charge on any atom is -0.495 e. The third-order valence-corrected chi connectivity index (χ3v) is 3.75. The van der Waals surface area contributed by atoms with Gasteiger partial charge in [-0.15, -0.1) is 0 Å². The van der Waals surface area contributed by atoms with E-state index in [0.717, 1.165) is 19.5 Å².